The van der Waals surface area contributed by atoms with Gasteiger partial charge in [-0.25, -0.2) is 0 Å². The molecule has 0 saturated heterocycles. The zero-order valence-corrected chi connectivity index (χ0v) is 14.9. The van der Waals surface area contributed by atoms with E-state index in [0.29, 0.717) is 10.3 Å². The van der Waals surface area contributed by atoms with Crippen molar-refractivity contribution in [3.8, 4) is 0 Å². The van der Waals surface area contributed by atoms with E-state index < -0.39 is 0 Å². The van der Waals surface area contributed by atoms with Gasteiger partial charge in [0.05, 0.1) is 6.67 Å². The molecule has 3 rings (SSSR count). The third kappa shape index (κ3) is 3.59. The lowest BCUT2D eigenvalue weighted by Crippen LogP contribution is -2.29. The first kappa shape index (κ1) is 16.5. The summed E-state index contributed by atoms with van der Waals surface area (Å²) in [4.78, 5) is 4.33. The van der Waals surface area contributed by atoms with Crippen LogP contribution in [0.4, 0.5) is 0 Å². The van der Waals surface area contributed by atoms with E-state index in [1.54, 1.807) is 0 Å². The summed E-state index contributed by atoms with van der Waals surface area (Å²) in [5, 5.41) is 3.99. The van der Waals surface area contributed by atoms with E-state index in [0.717, 1.165) is 39.0 Å². The lowest BCUT2D eigenvalue weighted by Gasteiger charge is -2.22. The summed E-state index contributed by atoms with van der Waals surface area (Å²) in [7, 11) is 0. The van der Waals surface area contributed by atoms with Crippen molar-refractivity contribution in [1.29, 1.82) is 0 Å². The van der Waals surface area contributed by atoms with Gasteiger partial charge in [0.15, 0.2) is 0 Å². The third-order valence-electron chi connectivity index (χ3n) is 4.38. The van der Waals surface area contributed by atoms with Gasteiger partial charge in [-0.1, -0.05) is 79.0 Å². The predicted octanol–water partition coefficient (Wildman–Crippen LogP) is 5.36. The second kappa shape index (κ2) is 7.46. The van der Waals surface area contributed by atoms with E-state index in [2.05, 4.69) is 59.2 Å². The Kier molecular flexibility index (Phi) is 5.34. The molecule has 2 nitrogen and oxygen atoms in total. The first-order valence-electron chi connectivity index (χ1n) is 8.22. The molecule has 0 radical (unpaired) electrons. The molecule has 0 N–H and O–H groups in total. The summed E-state index contributed by atoms with van der Waals surface area (Å²) in [5.74, 6) is 0. The van der Waals surface area contributed by atoms with Gasteiger partial charge in [0.1, 0.15) is 10.3 Å². The van der Waals surface area contributed by atoms with E-state index in [-0.39, 0.29) is 0 Å². The minimum atomic E-state index is 0.683. The molecular weight excluding hydrogens is 327 g/mol. The summed E-state index contributed by atoms with van der Waals surface area (Å²) in [6.07, 6.45) is 3.26. The van der Waals surface area contributed by atoms with Crippen molar-refractivity contribution in [3.05, 3.63) is 58.3 Å². The Hall–Kier alpha value is -1.38. The Morgan fingerprint density at radius 2 is 1.61 bits per heavy atom. The number of halogens is 2. The average Bonchev–Trinajstić information content (AvgIpc) is 2.86. The van der Waals surface area contributed by atoms with E-state index in [1.807, 2.05) is 0 Å². The number of rotatable bonds is 6. The van der Waals surface area contributed by atoms with Gasteiger partial charge in [0.25, 0.3) is 0 Å². The van der Waals surface area contributed by atoms with Crippen LogP contribution in [-0.4, -0.2) is 29.6 Å². The van der Waals surface area contributed by atoms with Crippen molar-refractivity contribution in [2.75, 3.05) is 19.8 Å². The quantitative estimate of drug-likeness (QED) is 0.648. The SMILES string of the molecule is CCCCN1CN(CCc2cccc3ccccc23)C(Cl)=C1Cl. The van der Waals surface area contributed by atoms with Crippen LogP contribution in [0.2, 0.25) is 0 Å². The lowest BCUT2D eigenvalue weighted by atomic mass is 10.0. The standard InChI is InChI=1S/C19H22Cl2N2/c1-2-3-12-22-14-23(19(21)18(22)20)13-11-16-9-6-8-15-7-4-5-10-17(15)16/h4-10H,2-3,11-14H2,1H3. The van der Waals surface area contributed by atoms with E-state index in [4.69, 9.17) is 23.2 Å². The molecule has 122 valence electrons. The molecule has 4 heteroatoms. The van der Waals surface area contributed by atoms with Gasteiger partial charge in [-0.3, -0.25) is 0 Å². The van der Waals surface area contributed by atoms with E-state index in [1.165, 1.54) is 16.3 Å². The molecular formula is C19H22Cl2N2. The zero-order chi connectivity index (χ0) is 16.2. The molecule has 2 aromatic carbocycles. The number of nitrogens with zero attached hydrogens (tertiary/aromatic N) is 2. The van der Waals surface area contributed by atoms with Gasteiger partial charge >= 0.3 is 0 Å². The molecule has 0 fully saturated rings. The molecule has 0 aliphatic carbocycles. The lowest BCUT2D eigenvalue weighted by molar-refractivity contribution is 0.258. The minimum absolute atomic E-state index is 0.683. The van der Waals surface area contributed by atoms with Crippen LogP contribution in [0.25, 0.3) is 10.8 Å². The summed E-state index contributed by atoms with van der Waals surface area (Å²) in [6, 6.07) is 15.0. The molecule has 2 aromatic rings. The van der Waals surface area contributed by atoms with Gasteiger partial charge in [0, 0.05) is 13.1 Å². The molecule has 0 saturated carbocycles. The third-order valence-corrected chi connectivity index (χ3v) is 5.31. The van der Waals surface area contributed by atoms with Crippen molar-refractivity contribution < 1.29 is 0 Å². The van der Waals surface area contributed by atoms with Crippen molar-refractivity contribution in [1.82, 2.24) is 9.80 Å². The number of hydrogen-bond donors (Lipinski definition) is 0. The highest BCUT2D eigenvalue weighted by atomic mass is 35.5. The number of hydrogen-bond acceptors (Lipinski definition) is 2. The van der Waals surface area contributed by atoms with Crippen LogP contribution in [0.15, 0.2) is 52.8 Å². The fourth-order valence-corrected chi connectivity index (χ4v) is 3.56. The molecule has 0 atom stereocenters. The maximum Gasteiger partial charge on any atom is 0.141 e. The second-order valence-corrected chi connectivity index (χ2v) is 6.71. The molecule has 1 heterocycles. The molecule has 0 unspecified atom stereocenters. The van der Waals surface area contributed by atoms with Crippen LogP contribution < -0.4 is 0 Å². The predicted molar refractivity (Wildman–Crippen MR) is 99.6 cm³/mol. The Morgan fingerprint density at radius 1 is 0.913 bits per heavy atom. The minimum Gasteiger partial charge on any atom is -0.342 e. The summed E-state index contributed by atoms with van der Waals surface area (Å²) in [6.45, 7) is 4.83. The molecule has 0 spiro atoms. The van der Waals surface area contributed by atoms with Gasteiger partial charge < -0.3 is 9.80 Å². The van der Waals surface area contributed by atoms with Crippen LogP contribution in [0.1, 0.15) is 25.3 Å². The molecule has 1 aliphatic heterocycles. The highest BCUT2D eigenvalue weighted by molar-refractivity contribution is 6.38. The van der Waals surface area contributed by atoms with Crippen molar-refractivity contribution in [3.63, 3.8) is 0 Å². The van der Waals surface area contributed by atoms with E-state index in [9.17, 15) is 0 Å². The highest BCUT2D eigenvalue weighted by Crippen LogP contribution is 2.30. The van der Waals surface area contributed by atoms with E-state index >= 15 is 0 Å². The molecule has 1 aliphatic rings. The van der Waals surface area contributed by atoms with Gasteiger partial charge in [-0.2, -0.15) is 0 Å². The second-order valence-electron chi connectivity index (χ2n) is 5.99. The van der Waals surface area contributed by atoms with Gasteiger partial charge in [0.2, 0.25) is 0 Å². The van der Waals surface area contributed by atoms with Crippen LogP contribution in [0.3, 0.4) is 0 Å². The van der Waals surface area contributed by atoms with Gasteiger partial charge in [-0.05, 0) is 29.2 Å². The van der Waals surface area contributed by atoms with Crippen molar-refractivity contribution in [2.45, 2.75) is 26.2 Å². The monoisotopic (exact) mass is 348 g/mol. The van der Waals surface area contributed by atoms with Crippen LogP contribution in [0, 0.1) is 0 Å². The summed E-state index contributed by atoms with van der Waals surface area (Å²) >= 11 is 12.8. The van der Waals surface area contributed by atoms with Crippen LogP contribution in [0.5, 0.6) is 0 Å². The molecule has 0 aromatic heterocycles. The number of fused-ring (bicyclic) bond motifs is 1. The number of unbranched alkanes of at least 4 members (excludes halogenated alkanes) is 1. The Morgan fingerprint density at radius 3 is 2.39 bits per heavy atom. The van der Waals surface area contributed by atoms with Crippen LogP contribution in [-0.2, 0) is 6.42 Å². The first-order chi connectivity index (χ1) is 11.2. The fraction of sp³-hybridized carbons (Fsp3) is 0.368. The molecule has 23 heavy (non-hydrogen) atoms. The normalized spacial score (nSPS) is 15.1. The Balaban J connectivity index is 1.69. The van der Waals surface area contributed by atoms with Crippen molar-refractivity contribution >= 4 is 34.0 Å². The van der Waals surface area contributed by atoms with Crippen molar-refractivity contribution in [2.24, 2.45) is 0 Å². The zero-order valence-electron chi connectivity index (χ0n) is 13.4. The summed E-state index contributed by atoms with van der Waals surface area (Å²) < 4.78 is 0. The van der Waals surface area contributed by atoms with Gasteiger partial charge in [-0.15, -0.1) is 0 Å². The Bertz CT molecular complexity index is 706. The first-order valence-corrected chi connectivity index (χ1v) is 8.98. The van der Waals surface area contributed by atoms with Crippen LogP contribution >= 0.6 is 23.2 Å². The smallest absolute Gasteiger partial charge is 0.141 e. The highest BCUT2D eigenvalue weighted by Gasteiger charge is 2.25. The molecule has 0 bridgehead atoms. The fourth-order valence-electron chi connectivity index (χ4n) is 3.04. The average molecular weight is 349 g/mol. The summed E-state index contributed by atoms with van der Waals surface area (Å²) in [5.41, 5.74) is 1.36. The number of benzene rings is 2. The topological polar surface area (TPSA) is 6.48 Å². The largest absolute Gasteiger partial charge is 0.342 e. The maximum atomic E-state index is 6.42. The molecule has 0 amide bonds. The maximum absolute atomic E-state index is 6.42. The Labute approximate surface area is 148 Å².